The average molecular weight is 361 g/mol. The summed E-state index contributed by atoms with van der Waals surface area (Å²) in [6, 6.07) is 6.55. The molecule has 0 saturated carbocycles. The number of hydrogen-bond acceptors (Lipinski definition) is 7. The zero-order valence-electron chi connectivity index (χ0n) is 15.2. The highest BCUT2D eigenvalue weighted by atomic mass is 16.6. The van der Waals surface area contributed by atoms with Crippen LogP contribution >= 0.6 is 0 Å². The van der Waals surface area contributed by atoms with Gasteiger partial charge >= 0.3 is 12.1 Å². The molecule has 2 aromatic rings. The Bertz CT molecular complexity index is 733. The second kappa shape index (κ2) is 8.93. The minimum atomic E-state index is -0.792. The minimum Gasteiger partial charge on any atom is -0.456 e. The fourth-order valence-electron chi connectivity index (χ4n) is 2.31. The second-order valence-electron chi connectivity index (χ2n) is 6.01. The molecule has 0 unspecified atom stereocenters. The summed E-state index contributed by atoms with van der Waals surface area (Å²) in [4.78, 5) is 24.1. The lowest BCUT2D eigenvalue weighted by molar-refractivity contribution is -0.152. The SMILES string of the molecule is CCOC(=O)N[C@@H](C(=O)O[C@@H](C)c1cccc(-n2cnnn2)c1)C(C)C. The van der Waals surface area contributed by atoms with Gasteiger partial charge in [0.15, 0.2) is 0 Å². The maximum absolute atomic E-state index is 12.5. The molecule has 140 valence electrons. The number of nitrogens with zero attached hydrogens (tertiary/aromatic N) is 4. The number of ether oxygens (including phenoxy) is 2. The smallest absolute Gasteiger partial charge is 0.407 e. The van der Waals surface area contributed by atoms with Gasteiger partial charge in [-0.3, -0.25) is 0 Å². The first-order valence-corrected chi connectivity index (χ1v) is 8.39. The lowest BCUT2D eigenvalue weighted by atomic mass is 10.0. The monoisotopic (exact) mass is 361 g/mol. The lowest BCUT2D eigenvalue weighted by Crippen LogP contribution is -2.45. The van der Waals surface area contributed by atoms with Crippen molar-refractivity contribution in [2.24, 2.45) is 5.92 Å². The highest BCUT2D eigenvalue weighted by Crippen LogP contribution is 2.21. The number of carbonyl (C=O) groups is 2. The van der Waals surface area contributed by atoms with Crippen molar-refractivity contribution >= 4 is 12.1 Å². The Hall–Kier alpha value is -2.97. The summed E-state index contributed by atoms with van der Waals surface area (Å²) < 4.78 is 11.9. The summed E-state index contributed by atoms with van der Waals surface area (Å²) in [5, 5.41) is 13.6. The van der Waals surface area contributed by atoms with Crippen LogP contribution in [0.5, 0.6) is 0 Å². The van der Waals surface area contributed by atoms with Crippen LogP contribution in [0, 0.1) is 5.92 Å². The Morgan fingerprint density at radius 1 is 1.27 bits per heavy atom. The summed E-state index contributed by atoms with van der Waals surface area (Å²) in [5.41, 5.74) is 1.53. The van der Waals surface area contributed by atoms with Gasteiger partial charge in [-0.05, 0) is 47.9 Å². The van der Waals surface area contributed by atoms with Crippen LogP contribution in [-0.4, -0.2) is 44.9 Å². The Morgan fingerprint density at radius 2 is 2.04 bits per heavy atom. The van der Waals surface area contributed by atoms with Crippen molar-refractivity contribution in [3.63, 3.8) is 0 Å². The second-order valence-corrected chi connectivity index (χ2v) is 6.01. The lowest BCUT2D eigenvalue weighted by Gasteiger charge is -2.23. The zero-order chi connectivity index (χ0) is 19.1. The molecule has 9 heteroatoms. The van der Waals surface area contributed by atoms with Crippen molar-refractivity contribution in [2.45, 2.75) is 39.8 Å². The van der Waals surface area contributed by atoms with Crippen molar-refractivity contribution in [3.8, 4) is 5.69 Å². The molecular formula is C17H23N5O4. The molecule has 0 aliphatic rings. The van der Waals surface area contributed by atoms with Crippen LogP contribution in [0.2, 0.25) is 0 Å². The van der Waals surface area contributed by atoms with Gasteiger partial charge in [-0.15, -0.1) is 5.10 Å². The van der Waals surface area contributed by atoms with Crippen molar-refractivity contribution in [1.29, 1.82) is 0 Å². The van der Waals surface area contributed by atoms with E-state index in [2.05, 4.69) is 20.8 Å². The molecule has 2 atom stereocenters. The maximum atomic E-state index is 12.5. The van der Waals surface area contributed by atoms with E-state index in [0.29, 0.717) is 0 Å². The molecule has 1 heterocycles. The molecule has 1 aromatic carbocycles. The normalized spacial score (nSPS) is 13.1. The van der Waals surface area contributed by atoms with Crippen molar-refractivity contribution in [2.75, 3.05) is 6.61 Å². The van der Waals surface area contributed by atoms with E-state index in [0.717, 1.165) is 11.3 Å². The Kier molecular flexibility index (Phi) is 6.65. The van der Waals surface area contributed by atoms with Crippen molar-refractivity contribution < 1.29 is 19.1 Å². The molecule has 26 heavy (non-hydrogen) atoms. The van der Waals surface area contributed by atoms with Crippen LogP contribution < -0.4 is 5.32 Å². The van der Waals surface area contributed by atoms with Gasteiger partial charge in [0, 0.05) is 0 Å². The Balaban J connectivity index is 2.07. The Morgan fingerprint density at radius 3 is 2.65 bits per heavy atom. The summed E-state index contributed by atoms with van der Waals surface area (Å²) in [6.45, 7) is 7.33. The van der Waals surface area contributed by atoms with Gasteiger partial charge in [-0.2, -0.15) is 0 Å². The number of carbonyl (C=O) groups excluding carboxylic acids is 2. The fraction of sp³-hybridized carbons (Fsp3) is 0.471. The quantitative estimate of drug-likeness (QED) is 0.752. The third-order valence-electron chi connectivity index (χ3n) is 3.72. The predicted octanol–water partition coefficient (Wildman–Crippen LogP) is 2.04. The first-order chi connectivity index (χ1) is 12.4. The number of benzene rings is 1. The molecule has 0 aliphatic carbocycles. The van der Waals surface area contributed by atoms with Crippen LogP contribution in [0.1, 0.15) is 39.4 Å². The molecule has 1 aromatic heterocycles. The summed E-state index contributed by atoms with van der Waals surface area (Å²) in [6.07, 6.45) is 0.328. The van der Waals surface area contributed by atoms with E-state index in [9.17, 15) is 9.59 Å². The first kappa shape index (κ1) is 19.4. The van der Waals surface area contributed by atoms with Crippen LogP contribution in [-0.2, 0) is 14.3 Å². The number of hydrogen-bond donors (Lipinski definition) is 1. The third kappa shape index (κ3) is 5.01. The topological polar surface area (TPSA) is 108 Å². The van der Waals surface area contributed by atoms with E-state index in [1.54, 1.807) is 13.8 Å². The van der Waals surface area contributed by atoms with Crippen LogP contribution in [0.3, 0.4) is 0 Å². The summed E-state index contributed by atoms with van der Waals surface area (Å²) >= 11 is 0. The van der Waals surface area contributed by atoms with E-state index in [4.69, 9.17) is 9.47 Å². The highest BCUT2D eigenvalue weighted by Gasteiger charge is 2.28. The van der Waals surface area contributed by atoms with Gasteiger partial charge in [0.2, 0.25) is 0 Å². The predicted molar refractivity (Wildman–Crippen MR) is 92.4 cm³/mol. The van der Waals surface area contributed by atoms with Crippen LogP contribution in [0.25, 0.3) is 5.69 Å². The molecular weight excluding hydrogens is 338 g/mol. The summed E-state index contributed by atoms with van der Waals surface area (Å²) in [7, 11) is 0. The zero-order valence-corrected chi connectivity index (χ0v) is 15.2. The molecule has 0 saturated heterocycles. The Labute approximate surface area is 151 Å². The molecule has 0 spiro atoms. The van der Waals surface area contributed by atoms with E-state index in [-0.39, 0.29) is 12.5 Å². The highest BCUT2D eigenvalue weighted by molar-refractivity contribution is 5.81. The number of aromatic nitrogens is 4. The van der Waals surface area contributed by atoms with Gasteiger partial charge in [0.1, 0.15) is 18.5 Å². The molecule has 0 aliphatic heterocycles. The van der Waals surface area contributed by atoms with Gasteiger partial charge < -0.3 is 14.8 Å². The molecule has 1 N–H and O–H groups in total. The van der Waals surface area contributed by atoms with Crippen LogP contribution in [0.15, 0.2) is 30.6 Å². The standard InChI is InChI=1S/C17H23N5O4/c1-5-25-17(24)19-15(11(2)3)16(23)26-12(4)13-7-6-8-14(9-13)22-10-18-20-21-22/h6-12,15H,5H2,1-4H3,(H,19,24)/t12-,15+/m0/s1. The number of esters is 1. The number of tetrazole rings is 1. The summed E-state index contributed by atoms with van der Waals surface area (Å²) in [5.74, 6) is -0.667. The van der Waals surface area contributed by atoms with Crippen molar-refractivity contribution in [1.82, 2.24) is 25.5 Å². The van der Waals surface area contributed by atoms with Gasteiger partial charge in [0.05, 0.1) is 12.3 Å². The largest absolute Gasteiger partial charge is 0.456 e. The third-order valence-corrected chi connectivity index (χ3v) is 3.72. The first-order valence-electron chi connectivity index (χ1n) is 8.39. The van der Waals surface area contributed by atoms with Gasteiger partial charge in [-0.1, -0.05) is 26.0 Å². The molecule has 9 nitrogen and oxygen atoms in total. The van der Waals surface area contributed by atoms with E-state index < -0.39 is 24.2 Å². The molecule has 2 rings (SSSR count). The van der Waals surface area contributed by atoms with Gasteiger partial charge in [-0.25, -0.2) is 14.3 Å². The maximum Gasteiger partial charge on any atom is 0.407 e. The number of rotatable bonds is 7. The number of alkyl carbamates (subject to hydrolysis) is 1. The molecule has 0 bridgehead atoms. The minimum absolute atomic E-state index is 0.147. The van der Waals surface area contributed by atoms with Crippen molar-refractivity contribution in [3.05, 3.63) is 36.2 Å². The van der Waals surface area contributed by atoms with E-state index >= 15 is 0 Å². The number of nitrogens with one attached hydrogen (secondary N) is 1. The molecule has 0 radical (unpaired) electrons. The van der Waals surface area contributed by atoms with Gasteiger partial charge in [0.25, 0.3) is 0 Å². The molecule has 1 amide bonds. The fourth-order valence-corrected chi connectivity index (χ4v) is 2.31. The average Bonchev–Trinajstić information content (AvgIpc) is 3.14. The molecule has 0 fully saturated rings. The van der Waals surface area contributed by atoms with E-state index in [1.807, 2.05) is 38.1 Å². The van der Waals surface area contributed by atoms with E-state index in [1.165, 1.54) is 11.0 Å². The number of amides is 1. The van der Waals surface area contributed by atoms with Crippen LogP contribution in [0.4, 0.5) is 4.79 Å².